The van der Waals surface area contributed by atoms with Gasteiger partial charge in [0.15, 0.2) is 0 Å². The summed E-state index contributed by atoms with van der Waals surface area (Å²) < 4.78 is 0. The number of carbonyl (C=O) groups is 1. The molecule has 2 unspecified atom stereocenters. The van der Waals surface area contributed by atoms with Crippen LogP contribution in [0.1, 0.15) is 49.8 Å². The maximum atomic E-state index is 10.7. The number of aryl methyl sites for hydroxylation is 1. The number of hydrogen-bond donors (Lipinski definition) is 1. The number of nitrogens with zero attached hydrogens (tertiary/aromatic N) is 1. The van der Waals surface area contributed by atoms with Crippen LogP contribution in [0.2, 0.25) is 0 Å². The van der Waals surface area contributed by atoms with Gasteiger partial charge in [-0.15, -0.1) is 0 Å². The first-order chi connectivity index (χ1) is 9.56. The summed E-state index contributed by atoms with van der Waals surface area (Å²) >= 11 is 0. The first-order valence-electron chi connectivity index (χ1n) is 7.58. The van der Waals surface area contributed by atoms with E-state index in [4.69, 9.17) is 5.11 Å². The molecular weight excluding hydrogens is 250 g/mol. The summed E-state index contributed by atoms with van der Waals surface area (Å²) in [4.78, 5) is 13.2. The molecule has 1 aliphatic rings. The van der Waals surface area contributed by atoms with Crippen molar-refractivity contribution in [1.82, 2.24) is 4.90 Å². The van der Waals surface area contributed by atoms with Crippen molar-refractivity contribution in [3.05, 3.63) is 35.4 Å². The Kier molecular flexibility index (Phi) is 5.18. The van der Waals surface area contributed by atoms with Gasteiger partial charge >= 0.3 is 5.97 Å². The second-order valence-electron chi connectivity index (χ2n) is 6.03. The molecule has 0 bridgehead atoms. The summed E-state index contributed by atoms with van der Waals surface area (Å²) in [6, 6.07) is 9.11. The zero-order valence-electron chi connectivity index (χ0n) is 12.5. The minimum absolute atomic E-state index is 0.303. The van der Waals surface area contributed by atoms with Gasteiger partial charge in [0.1, 0.15) is 0 Å². The lowest BCUT2D eigenvalue weighted by Crippen LogP contribution is -2.37. The Morgan fingerprint density at radius 1 is 1.50 bits per heavy atom. The smallest absolute Gasteiger partial charge is 0.303 e. The molecule has 1 aromatic rings. The number of aliphatic carboxylic acids is 1. The van der Waals surface area contributed by atoms with E-state index in [2.05, 4.69) is 43.0 Å². The fourth-order valence-electron chi connectivity index (χ4n) is 3.15. The molecule has 1 saturated heterocycles. The highest BCUT2D eigenvalue weighted by Crippen LogP contribution is 2.28. The Balaban J connectivity index is 1.96. The van der Waals surface area contributed by atoms with E-state index < -0.39 is 5.97 Å². The van der Waals surface area contributed by atoms with Crippen LogP contribution in [0.3, 0.4) is 0 Å². The standard InChI is InChI=1S/C17H25NO2/c1-13-5-3-7-16(11-13)14(2)18-10-4-6-15(12-18)8-9-17(19)20/h3,5,7,11,14-15H,4,6,8-10,12H2,1-2H3,(H,19,20). The van der Waals surface area contributed by atoms with E-state index in [1.165, 1.54) is 24.0 Å². The van der Waals surface area contributed by atoms with Gasteiger partial charge in [-0.1, -0.05) is 29.8 Å². The molecule has 2 rings (SSSR count). The SMILES string of the molecule is Cc1cccc(C(C)N2CCCC(CCC(=O)O)C2)c1. The average molecular weight is 275 g/mol. The maximum Gasteiger partial charge on any atom is 0.303 e. The molecule has 110 valence electrons. The molecule has 0 amide bonds. The number of rotatable bonds is 5. The first-order valence-corrected chi connectivity index (χ1v) is 7.58. The molecule has 1 heterocycles. The van der Waals surface area contributed by atoms with E-state index in [1.54, 1.807) is 0 Å². The molecule has 0 aromatic heterocycles. The van der Waals surface area contributed by atoms with Gasteiger partial charge in [-0.25, -0.2) is 0 Å². The van der Waals surface area contributed by atoms with E-state index in [0.29, 0.717) is 18.4 Å². The first kappa shape index (κ1) is 15.0. The van der Waals surface area contributed by atoms with Gasteiger partial charge in [0, 0.05) is 19.0 Å². The molecular formula is C17H25NO2. The predicted molar refractivity (Wildman–Crippen MR) is 80.8 cm³/mol. The van der Waals surface area contributed by atoms with Gasteiger partial charge in [0.05, 0.1) is 0 Å². The molecule has 0 aliphatic carbocycles. The minimum atomic E-state index is -0.672. The Labute approximate surface area is 121 Å². The van der Waals surface area contributed by atoms with Crippen LogP contribution >= 0.6 is 0 Å². The number of hydrogen-bond acceptors (Lipinski definition) is 2. The van der Waals surface area contributed by atoms with Gasteiger partial charge in [-0.2, -0.15) is 0 Å². The third-order valence-corrected chi connectivity index (χ3v) is 4.39. The molecule has 3 nitrogen and oxygen atoms in total. The molecule has 3 heteroatoms. The van der Waals surface area contributed by atoms with Crippen molar-refractivity contribution in [2.75, 3.05) is 13.1 Å². The molecule has 20 heavy (non-hydrogen) atoms. The molecule has 2 atom stereocenters. The van der Waals surface area contributed by atoms with Crippen molar-refractivity contribution in [3.63, 3.8) is 0 Å². The highest BCUT2D eigenvalue weighted by Gasteiger charge is 2.24. The highest BCUT2D eigenvalue weighted by atomic mass is 16.4. The number of piperidine rings is 1. The Bertz CT molecular complexity index is 458. The number of likely N-dealkylation sites (tertiary alicyclic amines) is 1. The van der Waals surface area contributed by atoms with Crippen LogP contribution in [0, 0.1) is 12.8 Å². The summed E-state index contributed by atoms with van der Waals surface area (Å²) in [5.41, 5.74) is 2.66. The van der Waals surface area contributed by atoms with E-state index >= 15 is 0 Å². The van der Waals surface area contributed by atoms with Crippen molar-refractivity contribution in [2.24, 2.45) is 5.92 Å². The average Bonchev–Trinajstić information content (AvgIpc) is 2.44. The second kappa shape index (κ2) is 6.89. The Morgan fingerprint density at radius 2 is 2.30 bits per heavy atom. The van der Waals surface area contributed by atoms with Crippen LogP contribution in [-0.4, -0.2) is 29.1 Å². The lowest BCUT2D eigenvalue weighted by atomic mass is 9.91. The van der Waals surface area contributed by atoms with Crippen molar-refractivity contribution in [2.45, 2.75) is 45.6 Å². The zero-order valence-corrected chi connectivity index (χ0v) is 12.5. The molecule has 0 saturated carbocycles. The molecule has 1 fully saturated rings. The second-order valence-corrected chi connectivity index (χ2v) is 6.03. The topological polar surface area (TPSA) is 40.5 Å². The lowest BCUT2D eigenvalue weighted by molar-refractivity contribution is -0.137. The minimum Gasteiger partial charge on any atom is -0.481 e. The van der Waals surface area contributed by atoms with Gasteiger partial charge in [-0.05, 0) is 51.1 Å². The molecule has 0 spiro atoms. The monoisotopic (exact) mass is 275 g/mol. The summed E-state index contributed by atoms with van der Waals surface area (Å²) in [7, 11) is 0. The number of carboxylic acids is 1. The van der Waals surface area contributed by atoms with Crippen LogP contribution in [0.4, 0.5) is 0 Å². The number of carboxylic acid groups (broad SMARTS) is 1. The molecule has 1 aromatic carbocycles. The van der Waals surface area contributed by atoms with E-state index in [1.807, 2.05) is 0 Å². The molecule has 1 N–H and O–H groups in total. The summed E-state index contributed by atoms with van der Waals surface area (Å²) in [5.74, 6) is -0.138. The quantitative estimate of drug-likeness (QED) is 0.892. The van der Waals surface area contributed by atoms with Crippen molar-refractivity contribution >= 4 is 5.97 Å². The van der Waals surface area contributed by atoms with Crippen LogP contribution in [0.25, 0.3) is 0 Å². The largest absolute Gasteiger partial charge is 0.481 e. The Hall–Kier alpha value is -1.35. The third kappa shape index (κ3) is 4.07. The fraction of sp³-hybridized carbons (Fsp3) is 0.588. The van der Waals surface area contributed by atoms with Crippen molar-refractivity contribution < 1.29 is 9.90 Å². The van der Waals surface area contributed by atoms with Gasteiger partial charge in [0.25, 0.3) is 0 Å². The van der Waals surface area contributed by atoms with Crippen LogP contribution in [0.5, 0.6) is 0 Å². The van der Waals surface area contributed by atoms with Crippen LogP contribution in [-0.2, 0) is 4.79 Å². The Morgan fingerprint density at radius 3 is 3.00 bits per heavy atom. The lowest BCUT2D eigenvalue weighted by Gasteiger charge is -2.37. The van der Waals surface area contributed by atoms with Gasteiger partial charge < -0.3 is 5.11 Å². The fourth-order valence-corrected chi connectivity index (χ4v) is 3.15. The van der Waals surface area contributed by atoms with Crippen molar-refractivity contribution in [1.29, 1.82) is 0 Å². The van der Waals surface area contributed by atoms with E-state index in [0.717, 1.165) is 19.5 Å². The third-order valence-electron chi connectivity index (χ3n) is 4.39. The number of benzene rings is 1. The van der Waals surface area contributed by atoms with Crippen molar-refractivity contribution in [3.8, 4) is 0 Å². The predicted octanol–water partition coefficient (Wildman–Crippen LogP) is 3.63. The maximum absolute atomic E-state index is 10.7. The summed E-state index contributed by atoms with van der Waals surface area (Å²) in [6.45, 7) is 6.54. The van der Waals surface area contributed by atoms with E-state index in [-0.39, 0.29) is 0 Å². The molecule has 1 aliphatic heterocycles. The molecule has 0 radical (unpaired) electrons. The highest BCUT2D eigenvalue weighted by molar-refractivity contribution is 5.66. The van der Waals surface area contributed by atoms with Gasteiger partial charge in [0.2, 0.25) is 0 Å². The summed E-state index contributed by atoms with van der Waals surface area (Å²) in [6.07, 6.45) is 3.47. The normalized spacial score (nSPS) is 21.6. The van der Waals surface area contributed by atoms with Crippen LogP contribution < -0.4 is 0 Å². The summed E-state index contributed by atoms with van der Waals surface area (Å²) in [5, 5.41) is 8.81. The zero-order chi connectivity index (χ0) is 14.5. The van der Waals surface area contributed by atoms with E-state index in [9.17, 15) is 4.79 Å². The van der Waals surface area contributed by atoms with Gasteiger partial charge in [-0.3, -0.25) is 9.69 Å². The van der Waals surface area contributed by atoms with Crippen LogP contribution in [0.15, 0.2) is 24.3 Å².